The Labute approximate surface area is 190 Å². The molecule has 0 saturated heterocycles. The Morgan fingerprint density at radius 3 is 1.52 bits per heavy atom. The van der Waals surface area contributed by atoms with E-state index in [1.54, 1.807) is 0 Å². The highest BCUT2D eigenvalue weighted by molar-refractivity contribution is 9.09. The van der Waals surface area contributed by atoms with Gasteiger partial charge in [-0.3, -0.25) is 9.05 Å². The second-order valence-electron chi connectivity index (χ2n) is 8.06. The fraction of sp³-hybridized carbons (Fsp3) is 1.00. The molecule has 0 heterocycles. The summed E-state index contributed by atoms with van der Waals surface area (Å²) in [4.78, 5) is 0. The Hall–Kier alpha value is 0.590. The minimum absolute atomic E-state index is 0.505. The third-order valence-electron chi connectivity index (χ3n) is 5.13. The number of alkyl halides is 1. The van der Waals surface area contributed by atoms with Crippen molar-refractivity contribution >= 4 is 23.7 Å². The third kappa shape index (κ3) is 21.6. The van der Waals surface area contributed by atoms with Gasteiger partial charge >= 0.3 is 7.75 Å². The number of nitrogens with one attached hydrogen (secondary N) is 1. The van der Waals surface area contributed by atoms with Crippen LogP contribution in [0.4, 0.5) is 0 Å². The molecule has 0 aromatic heterocycles. The van der Waals surface area contributed by atoms with Gasteiger partial charge in [-0.1, -0.05) is 113 Å². The molecule has 0 aliphatic carbocycles. The van der Waals surface area contributed by atoms with Gasteiger partial charge in [0.2, 0.25) is 0 Å². The molecule has 0 saturated carbocycles. The Morgan fingerprint density at radius 2 is 1.03 bits per heavy atom. The van der Waals surface area contributed by atoms with E-state index in [9.17, 15) is 4.57 Å². The van der Waals surface area contributed by atoms with E-state index in [2.05, 4.69) is 34.9 Å². The second kappa shape index (κ2) is 23.3. The molecule has 29 heavy (non-hydrogen) atoms. The van der Waals surface area contributed by atoms with Crippen molar-refractivity contribution in [2.45, 2.75) is 123 Å². The van der Waals surface area contributed by atoms with Crippen molar-refractivity contribution < 1.29 is 13.6 Å². The molecule has 1 unspecified atom stereocenters. The van der Waals surface area contributed by atoms with E-state index < -0.39 is 7.75 Å². The highest BCUT2D eigenvalue weighted by Gasteiger charge is 2.23. The standard InChI is InChI=1S/C23H49BrNO3P/c1-3-5-7-9-11-13-17-21-25-29(26,28-23-19-15-16-20-24)27-22-18-14-12-10-8-6-4-2/h3-23H2,1-2H3,(H,25,26). The number of halogens is 1. The predicted octanol–water partition coefficient (Wildman–Crippen LogP) is 8.78. The summed E-state index contributed by atoms with van der Waals surface area (Å²) >= 11 is 3.45. The Morgan fingerprint density at radius 1 is 0.621 bits per heavy atom. The second-order valence-corrected chi connectivity index (χ2v) is 10.7. The zero-order valence-electron chi connectivity index (χ0n) is 19.4. The number of hydrogen-bond acceptors (Lipinski definition) is 3. The highest BCUT2D eigenvalue weighted by Crippen LogP contribution is 2.44. The lowest BCUT2D eigenvalue weighted by molar-refractivity contribution is 0.189. The summed E-state index contributed by atoms with van der Waals surface area (Å²) in [6.45, 7) is 6.23. The van der Waals surface area contributed by atoms with E-state index in [1.165, 1.54) is 70.6 Å². The molecule has 0 amide bonds. The molecule has 0 aromatic rings. The molecular weight excluding hydrogens is 449 g/mol. The van der Waals surface area contributed by atoms with Gasteiger partial charge in [-0.05, 0) is 25.7 Å². The van der Waals surface area contributed by atoms with Crippen molar-refractivity contribution in [2.75, 3.05) is 25.1 Å². The van der Waals surface area contributed by atoms with Gasteiger partial charge in [0.25, 0.3) is 0 Å². The quantitative estimate of drug-likeness (QED) is 0.0821. The van der Waals surface area contributed by atoms with Crippen LogP contribution in [0.15, 0.2) is 0 Å². The predicted molar refractivity (Wildman–Crippen MR) is 131 cm³/mol. The normalized spacial score (nSPS) is 13.6. The maximum absolute atomic E-state index is 13.0. The lowest BCUT2D eigenvalue weighted by Crippen LogP contribution is -2.17. The Balaban J connectivity index is 4.00. The molecule has 1 atom stereocenters. The SMILES string of the molecule is CCCCCCCCCNP(=O)(OCCCCCBr)OCCCCCCCCC. The van der Waals surface area contributed by atoms with Crippen LogP contribution in [0.25, 0.3) is 0 Å². The van der Waals surface area contributed by atoms with Crippen LogP contribution in [0.2, 0.25) is 0 Å². The summed E-state index contributed by atoms with van der Waals surface area (Å²) in [5.41, 5.74) is 0. The topological polar surface area (TPSA) is 47.6 Å². The number of unbranched alkanes of at least 4 members (excludes halogenated alkanes) is 14. The minimum Gasteiger partial charge on any atom is -0.297 e. The summed E-state index contributed by atoms with van der Waals surface area (Å²) in [7, 11) is -3.16. The van der Waals surface area contributed by atoms with Gasteiger partial charge in [-0.2, -0.15) is 0 Å². The molecule has 176 valence electrons. The molecule has 4 nitrogen and oxygen atoms in total. The number of rotatable bonds is 24. The van der Waals surface area contributed by atoms with E-state index in [1.807, 2.05) is 0 Å². The van der Waals surface area contributed by atoms with Gasteiger partial charge in [0.1, 0.15) is 0 Å². The fourth-order valence-corrected chi connectivity index (χ4v) is 5.05. The van der Waals surface area contributed by atoms with Gasteiger partial charge in [-0.15, -0.1) is 0 Å². The van der Waals surface area contributed by atoms with Gasteiger partial charge in [-0.25, -0.2) is 9.65 Å². The lowest BCUT2D eigenvalue weighted by atomic mass is 10.1. The van der Waals surface area contributed by atoms with Gasteiger partial charge in [0, 0.05) is 11.9 Å². The largest absolute Gasteiger partial charge is 0.405 e. The highest BCUT2D eigenvalue weighted by atomic mass is 79.9. The van der Waals surface area contributed by atoms with E-state index in [0.29, 0.717) is 19.8 Å². The molecule has 0 bridgehead atoms. The summed E-state index contributed by atoms with van der Waals surface area (Å²) in [5.74, 6) is 0. The zero-order valence-corrected chi connectivity index (χ0v) is 21.9. The van der Waals surface area contributed by atoms with Gasteiger partial charge in [0.05, 0.1) is 13.2 Å². The van der Waals surface area contributed by atoms with E-state index in [0.717, 1.165) is 43.9 Å². The molecule has 0 aliphatic rings. The molecule has 1 N–H and O–H groups in total. The van der Waals surface area contributed by atoms with Crippen LogP contribution in [0, 0.1) is 0 Å². The molecule has 6 heteroatoms. The summed E-state index contributed by atoms with van der Waals surface area (Å²) < 4.78 is 24.5. The fourth-order valence-electron chi connectivity index (χ4n) is 3.23. The monoisotopic (exact) mass is 497 g/mol. The van der Waals surface area contributed by atoms with Crippen molar-refractivity contribution in [3.63, 3.8) is 0 Å². The summed E-state index contributed by atoms with van der Waals surface area (Å²) in [6, 6.07) is 0. The van der Waals surface area contributed by atoms with Gasteiger partial charge in [0.15, 0.2) is 0 Å². The van der Waals surface area contributed by atoms with Crippen LogP contribution < -0.4 is 5.09 Å². The first-order chi connectivity index (χ1) is 14.2. The Bertz CT molecular complexity index is 348. The first-order valence-electron chi connectivity index (χ1n) is 12.4. The van der Waals surface area contributed by atoms with Crippen LogP contribution in [-0.2, 0) is 13.6 Å². The van der Waals surface area contributed by atoms with Crippen molar-refractivity contribution in [1.29, 1.82) is 0 Å². The maximum Gasteiger partial charge on any atom is 0.405 e. The van der Waals surface area contributed by atoms with Crippen LogP contribution in [-0.4, -0.2) is 25.1 Å². The molecule has 0 aliphatic heterocycles. The van der Waals surface area contributed by atoms with Crippen molar-refractivity contribution in [1.82, 2.24) is 5.09 Å². The molecular formula is C23H49BrNO3P. The van der Waals surface area contributed by atoms with Crippen LogP contribution in [0.3, 0.4) is 0 Å². The van der Waals surface area contributed by atoms with Crippen molar-refractivity contribution in [2.24, 2.45) is 0 Å². The first kappa shape index (κ1) is 29.6. The van der Waals surface area contributed by atoms with E-state index in [4.69, 9.17) is 9.05 Å². The molecule has 0 rings (SSSR count). The van der Waals surface area contributed by atoms with Crippen molar-refractivity contribution in [3.05, 3.63) is 0 Å². The zero-order chi connectivity index (χ0) is 21.5. The minimum atomic E-state index is -3.16. The summed E-state index contributed by atoms with van der Waals surface area (Å²) in [6.07, 6.45) is 20.5. The molecule has 0 fully saturated rings. The van der Waals surface area contributed by atoms with Crippen LogP contribution in [0.1, 0.15) is 123 Å². The average molecular weight is 499 g/mol. The smallest absolute Gasteiger partial charge is 0.297 e. The van der Waals surface area contributed by atoms with Gasteiger partial charge < -0.3 is 0 Å². The van der Waals surface area contributed by atoms with E-state index >= 15 is 0 Å². The first-order valence-corrected chi connectivity index (χ1v) is 15.0. The molecule has 0 radical (unpaired) electrons. The lowest BCUT2D eigenvalue weighted by Gasteiger charge is -2.19. The molecule has 0 spiro atoms. The third-order valence-corrected chi connectivity index (χ3v) is 7.35. The Kier molecular flexibility index (Phi) is 23.7. The molecule has 0 aromatic carbocycles. The van der Waals surface area contributed by atoms with Crippen molar-refractivity contribution in [3.8, 4) is 0 Å². The summed E-state index contributed by atoms with van der Waals surface area (Å²) in [5, 5.41) is 4.12. The van der Waals surface area contributed by atoms with E-state index in [-0.39, 0.29) is 0 Å². The maximum atomic E-state index is 13.0. The average Bonchev–Trinajstić information content (AvgIpc) is 2.72. The van der Waals surface area contributed by atoms with Crippen LogP contribution >= 0.6 is 23.7 Å². The van der Waals surface area contributed by atoms with Crippen LogP contribution in [0.5, 0.6) is 0 Å². The number of hydrogen-bond donors (Lipinski definition) is 1.